The molecule has 3 rings (SSSR count). The molecule has 3 heterocycles. The Morgan fingerprint density at radius 2 is 1.84 bits per heavy atom. The quantitative estimate of drug-likeness (QED) is 0.788. The van der Waals surface area contributed by atoms with Crippen molar-refractivity contribution in [3.8, 4) is 0 Å². The summed E-state index contributed by atoms with van der Waals surface area (Å²) in [6, 6.07) is 0. The zero-order valence-electron chi connectivity index (χ0n) is 14.3. The number of hydrogen-bond donors (Lipinski definition) is 1. The van der Waals surface area contributed by atoms with Crippen molar-refractivity contribution in [2.75, 3.05) is 39.4 Å². The molecule has 2 saturated heterocycles. The van der Waals surface area contributed by atoms with E-state index in [0.717, 1.165) is 37.7 Å². The van der Waals surface area contributed by atoms with Crippen LogP contribution in [0.3, 0.4) is 0 Å². The predicted octanol–water partition coefficient (Wildman–Crippen LogP) is 1.87. The van der Waals surface area contributed by atoms with Gasteiger partial charge < -0.3 is 15.4 Å². The molecule has 1 aromatic rings. The lowest BCUT2D eigenvalue weighted by Crippen LogP contribution is -2.61. The maximum atomic E-state index is 12.7. The lowest BCUT2D eigenvalue weighted by Gasteiger charge is -2.40. The second-order valence-electron chi connectivity index (χ2n) is 6.18. The van der Waals surface area contributed by atoms with Gasteiger partial charge in [0.05, 0.1) is 10.5 Å². The van der Waals surface area contributed by atoms with Gasteiger partial charge in [0.2, 0.25) is 5.91 Å². The van der Waals surface area contributed by atoms with E-state index < -0.39 is 5.54 Å². The number of amides is 1. The van der Waals surface area contributed by atoms with Gasteiger partial charge in [-0.15, -0.1) is 48.6 Å². The van der Waals surface area contributed by atoms with Gasteiger partial charge in [0.15, 0.2) is 0 Å². The molecule has 0 bridgehead atoms. The summed E-state index contributed by atoms with van der Waals surface area (Å²) < 4.78 is 5.32. The Balaban J connectivity index is 0.00000192. The normalized spacial score (nSPS) is 20.0. The van der Waals surface area contributed by atoms with Gasteiger partial charge in [0.1, 0.15) is 0 Å². The number of thiazole rings is 1. The van der Waals surface area contributed by atoms with E-state index in [9.17, 15) is 4.79 Å². The molecule has 0 aromatic carbocycles. The smallest absolute Gasteiger partial charge is 0.242 e. The van der Waals surface area contributed by atoms with Crippen LogP contribution in [-0.2, 0) is 16.1 Å². The molecular weight excluding hydrogens is 407 g/mol. The number of nitrogens with two attached hydrogens (primary N) is 1. The number of hydrogen-bond acceptors (Lipinski definition) is 6. The Hall–Kier alpha value is -0.150. The van der Waals surface area contributed by atoms with Gasteiger partial charge in [-0.25, -0.2) is 4.98 Å². The number of halogens is 3. The molecule has 0 unspecified atom stereocenters. The summed E-state index contributed by atoms with van der Waals surface area (Å²) in [6.45, 7) is 7.45. The molecule has 146 valence electrons. The Morgan fingerprint density at radius 3 is 2.36 bits per heavy atom. The number of nitrogens with zero attached hydrogens (tertiary/aromatic N) is 3. The lowest BCUT2D eigenvalue weighted by atomic mass is 9.89. The number of aryl methyl sites for hydroxylation is 1. The number of rotatable bonds is 3. The Kier molecular flexibility index (Phi) is 10.8. The molecule has 10 heteroatoms. The molecule has 2 N–H and O–H groups in total. The first kappa shape index (κ1) is 24.8. The molecule has 25 heavy (non-hydrogen) atoms. The lowest BCUT2D eigenvalue weighted by molar-refractivity contribution is -0.142. The largest absolute Gasteiger partial charge is 0.381 e. The van der Waals surface area contributed by atoms with Crippen LogP contribution in [0.25, 0.3) is 0 Å². The topological polar surface area (TPSA) is 71.7 Å². The standard InChI is InChI=1S/C15H24N4O2S.3ClH/c1-12-17-10-13(22-12)11-18-4-6-19(7-5-18)14(20)15(16)2-8-21-9-3-15;;;/h10H,2-9,11,16H2,1H3;3*1H. The summed E-state index contributed by atoms with van der Waals surface area (Å²) in [6.07, 6.45) is 3.22. The van der Waals surface area contributed by atoms with Crippen LogP contribution in [0.4, 0.5) is 0 Å². The van der Waals surface area contributed by atoms with E-state index in [4.69, 9.17) is 10.5 Å². The molecule has 0 saturated carbocycles. The Morgan fingerprint density at radius 1 is 1.24 bits per heavy atom. The fraction of sp³-hybridized carbons (Fsp3) is 0.733. The van der Waals surface area contributed by atoms with Crippen molar-refractivity contribution in [1.29, 1.82) is 0 Å². The molecule has 2 aliphatic rings. The molecule has 0 aliphatic carbocycles. The molecule has 1 amide bonds. The van der Waals surface area contributed by atoms with Crippen molar-refractivity contribution < 1.29 is 9.53 Å². The maximum absolute atomic E-state index is 12.7. The van der Waals surface area contributed by atoms with E-state index in [1.807, 2.05) is 18.0 Å². The highest BCUT2D eigenvalue weighted by Gasteiger charge is 2.39. The van der Waals surface area contributed by atoms with Crippen molar-refractivity contribution >= 4 is 54.5 Å². The van der Waals surface area contributed by atoms with Crippen LogP contribution in [0, 0.1) is 6.92 Å². The summed E-state index contributed by atoms with van der Waals surface area (Å²) in [5.74, 6) is 0.101. The van der Waals surface area contributed by atoms with Crippen molar-refractivity contribution in [2.45, 2.75) is 31.8 Å². The van der Waals surface area contributed by atoms with Gasteiger partial charge in [0.25, 0.3) is 0 Å². The Labute approximate surface area is 171 Å². The van der Waals surface area contributed by atoms with E-state index in [1.165, 1.54) is 4.88 Å². The van der Waals surface area contributed by atoms with Crippen molar-refractivity contribution in [2.24, 2.45) is 5.73 Å². The van der Waals surface area contributed by atoms with Gasteiger partial charge in [-0.2, -0.15) is 0 Å². The summed E-state index contributed by atoms with van der Waals surface area (Å²) in [5.41, 5.74) is 5.59. The van der Waals surface area contributed by atoms with Crippen LogP contribution in [0.1, 0.15) is 22.7 Å². The first-order chi connectivity index (χ1) is 10.6. The van der Waals surface area contributed by atoms with Crippen LogP contribution in [0.15, 0.2) is 6.20 Å². The molecule has 6 nitrogen and oxygen atoms in total. The average molecular weight is 434 g/mol. The highest BCUT2D eigenvalue weighted by molar-refractivity contribution is 7.11. The van der Waals surface area contributed by atoms with Crippen molar-refractivity contribution in [1.82, 2.24) is 14.8 Å². The zero-order valence-corrected chi connectivity index (χ0v) is 17.6. The maximum Gasteiger partial charge on any atom is 0.242 e. The zero-order chi connectivity index (χ0) is 15.6. The first-order valence-corrected chi connectivity index (χ1v) is 8.68. The number of ether oxygens (including phenoxy) is 1. The minimum atomic E-state index is -0.713. The van der Waals surface area contributed by atoms with E-state index >= 15 is 0 Å². The van der Waals surface area contributed by atoms with Crippen LogP contribution in [0.2, 0.25) is 0 Å². The van der Waals surface area contributed by atoms with Gasteiger partial charge in [0, 0.05) is 57.0 Å². The molecule has 0 radical (unpaired) electrons. The molecular formula is C15H27Cl3N4O2S. The highest BCUT2D eigenvalue weighted by Crippen LogP contribution is 2.22. The number of aromatic nitrogens is 1. The van der Waals surface area contributed by atoms with Crippen molar-refractivity contribution in [3.05, 3.63) is 16.1 Å². The van der Waals surface area contributed by atoms with Crippen molar-refractivity contribution in [3.63, 3.8) is 0 Å². The first-order valence-electron chi connectivity index (χ1n) is 7.86. The SMILES string of the molecule is Cc1ncc(CN2CCN(C(=O)C3(N)CCOCC3)CC2)s1.Cl.Cl.Cl. The van der Waals surface area contributed by atoms with Gasteiger partial charge in [-0.1, -0.05) is 0 Å². The highest BCUT2D eigenvalue weighted by atomic mass is 35.5. The molecule has 0 atom stereocenters. The third-order valence-electron chi connectivity index (χ3n) is 4.52. The fourth-order valence-electron chi connectivity index (χ4n) is 3.07. The summed E-state index contributed by atoms with van der Waals surface area (Å²) in [7, 11) is 0. The van der Waals surface area contributed by atoms with Gasteiger partial charge in [-0.3, -0.25) is 9.69 Å². The third kappa shape index (κ3) is 6.20. The monoisotopic (exact) mass is 432 g/mol. The van der Waals surface area contributed by atoms with Crippen LogP contribution in [0.5, 0.6) is 0 Å². The van der Waals surface area contributed by atoms with Gasteiger partial charge in [-0.05, 0) is 19.8 Å². The van der Waals surface area contributed by atoms with Gasteiger partial charge >= 0.3 is 0 Å². The third-order valence-corrected chi connectivity index (χ3v) is 5.42. The molecule has 2 aliphatic heterocycles. The van der Waals surface area contributed by atoms with E-state index in [1.54, 1.807) is 11.3 Å². The van der Waals surface area contributed by atoms with Crippen LogP contribution >= 0.6 is 48.6 Å². The minimum Gasteiger partial charge on any atom is -0.381 e. The molecule has 0 spiro atoms. The van der Waals surface area contributed by atoms with E-state index in [2.05, 4.69) is 9.88 Å². The minimum absolute atomic E-state index is 0. The fourth-order valence-corrected chi connectivity index (χ4v) is 3.91. The molecule has 2 fully saturated rings. The molecule has 1 aromatic heterocycles. The predicted molar refractivity (Wildman–Crippen MR) is 107 cm³/mol. The van der Waals surface area contributed by atoms with Crippen LogP contribution < -0.4 is 5.73 Å². The number of piperazine rings is 1. The van der Waals surface area contributed by atoms with E-state index in [0.29, 0.717) is 26.1 Å². The number of carbonyl (C=O) groups is 1. The Bertz CT molecular complexity index is 533. The average Bonchev–Trinajstić information content (AvgIpc) is 2.93. The second-order valence-corrected chi connectivity index (χ2v) is 7.50. The van der Waals surface area contributed by atoms with E-state index in [-0.39, 0.29) is 43.1 Å². The second kappa shape index (κ2) is 10.9. The number of carbonyl (C=O) groups excluding carboxylic acids is 1. The summed E-state index contributed by atoms with van der Waals surface area (Å²) in [4.78, 5) is 22.6. The summed E-state index contributed by atoms with van der Waals surface area (Å²) in [5, 5.41) is 1.11. The summed E-state index contributed by atoms with van der Waals surface area (Å²) >= 11 is 1.74. The van der Waals surface area contributed by atoms with Crippen LogP contribution in [-0.4, -0.2) is 65.6 Å².